The van der Waals surface area contributed by atoms with Crippen LogP contribution in [0.5, 0.6) is 5.75 Å². The Balaban J connectivity index is 2.86. The average molecular weight is 184 g/mol. The molecule has 66 valence electrons. The van der Waals surface area contributed by atoms with Crippen LogP contribution in [0.2, 0.25) is 0 Å². The van der Waals surface area contributed by atoms with E-state index in [4.69, 9.17) is 9.52 Å². The molecule has 1 aromatic carbocycles. The van der Waals surface area contributed by atoms with Crippen molar-refractivity contribution in [3.63, 3.8) is 0 Å². The van der Waals surface area contributed by atoms with Crippen LogP contribution < -0.4 is 4.74 Å². The highest BCUT2D eigenvalue weighted by molar-refractivity contribution is 7.72. The number of nitrogens with one attached hydrogen (secondary N) is 1. The zero-order chi connectivity index (χ0) is 8.97. The van der Waals surface area contributed by atoms with Crippen molar-refractivity contribution in [1.82, 2.24) is 0 Å². The molecule has 0 radical (unpaired) electrons. The number of rotatable bonds is 3. The molecule has 0 unspecified atom stereocenters. The average Bonchev–Trinajstić information content (AvgIpc) is 2.03. The molecular formula is C8H10NO2S-. The Morgan fingerprint density at radius 2 is 2.33 bits per heavy atom. The molecule has 0 aromatic heterocycles. The first-order valence-corrected chi connectivity index (χ1v) is 4.77. The second kappa shape index (κ2) is 4.11. The predicted molar refractivity (Wildman–Crippen MR) is 47.5 cm³/mol. The van der Waals surface area contributed by atoms with Gasteiger partial charge in [-0.15, -0.1) is 0 Å². The Morgan fingerprint density at radius 1 is 1.58 bits per heavy atom. The Labute approximate surface area is 73.4 Å². The zero-order valence-corrected chi connectivity index (χ0v) is 7.56. The number of ether oxygens (including phenoxy) is 1. The van der Waals surface area contributed by atoms with Gasteiger partial charge in [0.25, 0.3) is 0 Å². The van der Waals surface area contributed by atoms with Gasteiger partial charge >= 0.3 is 0 Å². The van der Waals surface area contributed by atoms with Gasteiger partial charge in [-0.1, -0.05) is 23.4 Å². The number of methoxy groups -OCH3 is 1. The van der Waals surface area contributed by atoms with Crippen molar-refractivity contribution in [2.24, 2.45) is 0 Å². The summed E-state index contributed by atoms with van der Waals surface area (Å²) in [4.78, 5) is 0. The number of hydrogen-bond donors (Lipinski definition) is 1. The zero-order valence-electron chi connectivity index (χ0n) is 6.74. The highest BCUT2D eigenvalue weighted by atomic mass is 32.2. The molecule has 4 heteroatoms. The van der Waals surface area contributed by atoms with Crippen LogP contribution in [0, 0.1) is 4.78 Å². The van der Waals surface area contributed by atoms with E-state index in [2.05, 4.69) is 0 Å². The minimum absolute atomic E-state index is 0.261. The Morgan fingerprint density at radius 3 is 2.92 bits per heavy atom. The molecule has 0 bridgehead atoms. The Hall–Kier alpha value is -1.03. The lowest BCUT2D eigenvalue weighted by Gasteiger charge is -2.04. The first-order chi connectivity index (χ1) is 5.72. The van der Waals surface area contributed by atoms with Gasteiger partial charge in [0, 0.05) is 0 Å². The first kappa shape index (κ1) is 9.06. The summed E-state index contributed by atoms with van der Waals surface area (Å²) in [5.74, 6) is 0.995. The molecule has 0 saturated carbocycles. The highest BCUT2D eigenvalue weighted by Gasteiger charge is 1.90. The molecule has 0 heterocycles. The summed E-state index contributed by atoms with van der Waals surface area (Å²) in [6, 6.07) is 7.25. The van der Waals surface area contributed by atoms with E-state index < -0.39 is 10.6 Å². The van der Waals surface area contributed by atoms with Crippen LogP contribution in [0.25, 0.3) is 0 Å². The Bertz CT molecular complexity index is 326. The highest BCUT2D eigenvalue weighted by Crippen LogP contribution is 2.12. The second-order valence-corrected chi connectivity index (χ2v) is 3.32. The lowest BCUT2D eigenvalue weighted by Crippen LogP contribution is -1.87. The van der Waals surface area contributed by atoms with Gasteiger partial charge in [0.05, 0.1) is 7.11 Å². The van der Waals surface area contributed by atoms with Gasteiger partial charge in [-0.05, 0) is 12.1 Å². The summed E-state index contributed by atoms with van der Waals surface area (Å²) in [5, 5.41) is 0. The standard InChI is InChI=1S/C8H10NO2S/c1-11-8-4-2-3-7(5-8)6-12(9)10/h2-5,9H,6H2,1H3/q-1. The molecule has 0 aliphatic heterocycles. The molecular weight excluding hydrogens is 174 g/mol. The summed E-state index contributed by atoms with van der Waals surface area (Å²) in [5.41, 5.74) is 0.864. The van der Waals surface area contributed by atoms with Gasteiger partial charge in [0.1, 0.15) is 5.75 Å². The van der Waals surface area contributed by atoms with E-state index in [-0.39, 0.29) is 5.75 Å². The minimum Gasteiger partial charge on any atom is -0.497 e. The molecule has 0 aliphatic carbocycles. The van der Waals surface area contributed by atoms with Gasteiger partial charge in [0.15, 0.2) is 0 Å². The molecule has 12 heavy (non-hydrogen) atoms. The van der Waals surface area contributed by atoms with Crippen LogP contribution in [0.4, 0.5) is 0 Å². The fraction of sp³-hybridized carbons (Fsp3) is 0.250. The molecule has 0 amide bonds. The third-order valence-corrected chi connectivity index (χ3v) is 2.03. The van der Waals surface area contributed by atoms with Crippen LogP contribution in [0.1, 0.15) is 5.56 Å². The molecule has 0 atom stereocenters. The fourth-order valence-corrected chi connectivity index (χ4v) is 1.40. The maximum atomic E-state index is 10.5. The van der Waals surface area contributed by atoms with E-state index in [9.17, 15) is 4.21 Å². The molecule has 3 nitrogen and oxygen atoms in total. The second-order valence-electron chi connectivity index (χ2n) is 2.34. The molecule has 1 N–H and O–H groups in total. The smallest absolute Gasteiger partial charge is 0.119 e. The van der Waals surface area contributed by atoms with Crippen molar-refractivity contribution >= 4 is 10.6 Å². The lowest BCUT2D eigenvalue weighted by atomic mass is 10.2. The van der Waals surface area contributed by atoms with Gasteiger partial charge in [-0.25, -0.2) is 0 Å². The van der Waals surface area contributed by atoms with E-state index in [1.54, 1.807) is 13.2 Å². The molecule has 0 aliphatic rings. The van der Waals surface area contributed by atoms with E-state index in [0.717, 1.165) is 11.3 Å². The monoisotopic (exact) mass is 184 g/mol. The normalized spacial score (nSPS) is 10.2. The van der Waals surface area contributed by atoms with E-state index in [1.165, 1.54) is 0 Å². The van der Waals surface area contributed by atoms with Crippen LogP contribution in [0.15, 0.2) is 24.3 Å². The van der Waals surface area contributed by atoms with Crippen LogP contribution in [0.3, 0.4) is 0 Å². The van der Waals surface area contributed by atoms with E-state index >= 15 is 0 Å². The molecule has 0 spiro atoms. The fourth-order valence-electron chi connectivity index (χ4n) is 0.914. The quantitative estimate of drug-likeness (QED) is 0.729. The number of benzene rings is 1. The van der Waals surface area contributed by atoms with Crippen molar-refractivity contribution in [2.45, 2.75) is 5.75 Å². The molecule has 1 aromatic rings. The maximum absolute atomic E-state index is 10.5. The minimum atomic E-state index is -1.53. The first-order valence-electron chi connectivity index (χ1n) is 3.45. The van der Waals surface area contributed by atoms with Crippen molar-refractivity contribution in [2.75, 3.05) is 7.11 Å². The molecule has 0 saturated heterocycles. The number of hydrogen-bond acceptors (Lipinski definition) is 4. The van der Waals surface area contributed by atoms with Gasteiger partial charge in [-0.2, -0.15) is 10.6 Å². The topological polar surface area (TPSA) is 50.1 Å². The van der Waals surface area contributed by atoms with Crippen molar-refractivity contribution in [3.8, 4) is 5.75 Å². The third kappa shape index (κ3) is 2.54. The van der Waals surface area contributed by atoms with Crippen molar-refractivity contribution in [1.29, 1.82) is 4.78 Å². The SMILES string of the molecule is COc1cccc(C[S-](=N)=O)c1. The molecule has 0 fully saturated rings. The van der Waals surface area contributed by atoms with Gasteiger partial charge in [0.2, 0.25) is 0 Å². The van der Waals surface area contributed by atoms with Crippen LogP contribution >= 0.6 is 0 Å². The van der Waals surface area contributed by atoms with Gasteiger partial charge in [-0.3, -0.25) is 0 Å². The lowest BCUT2D eigenvalue weighted by molar-refractivity contribution is 0.414. The third-order valence-electron chi connectivity index (χ3n) is 1.43. The van der Waals surface area contributed by atoms with Crippen molar-refractivity contribution < 1.29 is 8.95 Å². The maximum Gasteiger partial charge on any atom is 0.119 e. The van der Waals surface area contributed by atoms with Crippen LogP contribution in [-0.2, 0) is 20.6 Å². The van der Waals surface area contributed by atoms with Crippen LogP contribution in [-0.4, -0.2) is 7.11 Å². The largest absolute Gasteiger partial charge is 0.497 e. The van der Waals surface area contributed by atoms with E-state index in [0.29, 0.717) is 0 Å². The Kier molecular flexibility index (Phi) is 3.10. The van der Waals surface area contributed by atoms with Crippen molar-refractivity contribution in [3.05, 3.63) is 29.8 Å². The predicted octanol–water partition coefficient (Wildman–Crippen LogP) is 1.92. The summed E-state index contributed by atoms with van der Waals surface area (Å²) >= 11 is 0. The van der Waals surface area contributed by atoms with E-state index in [1.807, 2.05) is 18.2 Å². The molecule has 1 rings (SSSR count). The summed E-state index contributed by atoms with van der Waals surface area (Å²) in [6.07, 6.45) is 0. The summed E-state index contributed by atoms with van der Waals surface area (Å²) < 4.78 is 22.4. The van der Waals surface area contributed by atoms with Gasteiger partial charge < -0.3 is 13.7 Å². The summed E-state index contributed by atoms with van der Waals surface area (Å²) in [7, 11) is 0.0478. The summed E-state index contributed by atoms with van der Waals surface area (Å²) in [6.45, 7) is 0.